The van der Waals surface area contributed by atoms with Crippen LogP contribution in [0.4, 0.5) is 0 Å². The zero-order valence-corrected chi connectivity index (χ0v) is 16.0. The summed E-state index contributed by atoms with van der Waals surface area (Å²) in [5.41, 5.74) is 0. The molecule has 1 atom stereocenters. The normalized spacial score (nSPS) is 13.0. The summed E-state index contributed by atoms with van der Waals surface area (Å²) in [6.45, 7) is -0.919. The number of carbonyl (C=O) groups is 2. The minimum atomic E-state index is -4.35. The Balaban J connectivity index is -0.000000301. The van der Waals surface area contributed by atoms with E-state index in [0.29, 0.717) is 10.9 Å². The molecule has 24 heavy (non-hydrogen) atoms. The molecule has 0 bridgehead atoms. The lowest BCUT2D eigenvalue weighted by Crippen LogP contribution is -2.25. The van der Waals surface area contributed by atoms with Crippen LogP contribution in [0.2, 0.25) is 0 Å². The van der Waals surface area contributed by atoms with Crippen LogP contribution in [0, 0.1) is 0 Å². The second kappa shape index (κ2) is 14.8. The van der Waals surface area contributed by atoms with Crippen LogP contribution in [0.3, 0.4) is 0 Å². The van der Waals surface area contributed by atoms with Gasteiger partial charge in [-0.05, 0) is 10.9 Å². The molecule has 0 aliphatic carbocycles. The summed E-state index contributed by atoms with van der Waals surface area (Å²) in [4.78, 5) is 53.9. The molecule has 0 heterocycles. The fraction of sp³-hybridized carbons (Fsp3) is 0.778. The van der Waals surface area contributed by atoms with Crippen LogP contribution in [-0.4, -0.2) is 81.3 Å². The van der Waals surface area contributed by atoms with E-state index in [2.05, 4.69) is 24.1 Å². The Kier molecular flexibility index (Phi) is 17.5. The summed E-state index contributed by atoms with van der Waals surface area (Å²) < 4.78 is 20.0. The number of aliphatic carboxylic acids is 2. The lowest BCUT2D eigenvalue weighted by atomic mass is 10.7. The van der Waals surface area contributed by atoms with E-state index in [4.69, 9.17) is 24.9 Å². The zero-order chi connectivity index (χ0) is 20.0. The van der Waals surface area contributed by atoms with Crippen molar-refractivity contribution < 1.29 is 48.5 Å². The number of hydrogen-bond acceptors (Lipinski definition) is 7. The van der Waals surface area contributed by atoms with Gasteiger partial charge in [0.15, 0.2) is 0 Å². The highest BCUT2D eigenvalue weighted by atomic mass is 32.2. The first-order valence-corrected chi connectivity index (χ1v) is 12.0. The van der Waals surface area contributed by atoms with Crippen molar-refractivity contribution in [3.8, 4) is 0 Å². The van der Waals surface area contributed by atoms with E-state index < -0.39 is 52.8 Å². The second-order valence-electron chi connectivity index (χ2n) is 4.48. The predicted octanol–water partition coefficient (Wildman–Crippen LogP) is -2.55. The summed E-state index contributed by atoms with van der Waals surface area (Å²) in [6.07, 6.45) is 5.28. The zero-order valence-electron chi connectivity index (χ0n) is 13.4. The highest BCUT2D eigenvalue weighted by Gasteiger charge is 2.11. The van der Waals surface area contributed by atoms with Crippen LogP contribution in [0.5, 0.6) is 0 Å². The molecule has 146 valence electrons. The number of rotatable bonds is 8. The van der Waals surface area contributed by atoms with E-state index in [1.165, 1.54) is 0 Å². The molecule has 15 heteroatoms. The van der Waals surface area contributed by atoms with Crippen molar-refractivity contribution in [1.82, 2.24) is 10.6 Å². The van der Waals surface area contributed by atoms with Crippen LogP contribution in [0.1, 0.15) is 0 Å². The standard InChI is InChI=1S/2C3H8NO5P.C3H9S/c2*5-3(6)1-4-2-10(7,8)9;1-4(2)3/h2*4H,1-2H2,(H,5,6)(H2,7,8,9);1-3H3/q;;+1/p-1. The van der Waals surface area contributed by atoms with Crippen LogP contribution in [-0.2, 0) is 29.6 Å². The van der Waals surface area contributed by atoms with Gasteiger partial charge >= 0.3 is 19.5 Å². The monoisotopic (exact) mass is 414 g/mol. The molecule has 0 saturated carbocycles. The van der Waals surface area contributed by atoms with Gasteiger partial charge in [0.2, 0.25) is 0 Å². The Morgan fingerprint density at radius 3 is 1.42 bits per heavy atom. The van der Waals surface area contributed by atoms with Gasteiger partial charge in [0.05, 0.1) is 44.4 Å². The van der Waals surface area contributed by atoms with Gasteiger partial charge in [0.25, 0.3) is 0 Å². The van der Waals surface area contributed by atoms with Gasteiger partial charge in [-0.1, -0.05) is 0 Å². The van der Waals surface area contributed by atoms with Crippen molar-refractivity contribution in [2.45, 2.75) is 0 Å². The van der Waals surface area contributed by atoms with Crippen molar-refractivity contribution >= 4 is 38.0 Å². The van der Waals surface area contributed by atoms with E-state index in [-0.39, 0.29) is 0 Å². The molecule has 0 aromatic carbocycles. The topological polar surface area (TPSA) is 217 Å². The van der Waals surface area contributed by atoms with E-state index >= 15 is 0 Å². The van der Waals surface area contributed by atoms with E-state index in [1.807, 2.05) is 5.32 Å². The fourth-order valence-electron chi connectivity index (χ4n) is 0.613. The van der Waals surface area contributed by atoms with E-state index in [9.17, 15) is 23.6 Å². The Labute approximate surface area is 142 Å². The lowest BCUT2D eigenvalue weighted by molar-refractivity contribution is -0.193. The average Bonchev–Trinajstić information content (AvgIpc) is 2.23. The van der Waals surface area contributed by atoms with Gasteiger partial charge in [-0.25, -0.2) is 0 Å². The predicted molar refractivity (Wildman–Crippen MR) is 88.0 cm³/mol. The molecule has 0 amide bonds. The maximum absolute atomic E-state index is 10.1. The third-order valence-corrected chi connectivity index (χ3v) is 2.44. The van der Waals surface area contributed by atoms with Crippen LogP contribution < -0.4 is 15.5 Å². The highest BCUT2D eigenvalue weighted by Crippen LogP contribution is 2.31. The maximum atomic E-state index is 10.1. The van der Waals surface area contributed by atoms with E-state index in [0.717, 1.165) is 0 Å². The molecule has 0 rings (SSSR count). The van der Waals surface area contributed by atoms with Crippen LogP contribution >= 0.6 is 15.2 Å². The molecular weight excluding hydrogens is 390 g/mol. The van der Waals surface area contributed by atoms with Gasteiger partial charge in [0.1, 0.15) is 7.60 Å². The SMILES string of the molecule is C[S+](C)C.O=C(O)CNCP(=O)(O)O.O=C(O)CNCP(=O)([O-])O. The summed E-state index contributed by atoms with van der Waals surface area (Å²) >= 11 is 0. The third kappa shape index (κ3) is 49.6. The Morgan fingerprint density at radius 1 is 0.917 bits per heavy atom. The van der Waals surface area contributed by atoms with Crippen molar-refractivity contribution in [1.29, 1.82) is 0 Å². The fourth-order valence-corrected chi connectivity index (χ4v) is 1.41. The number of carboxylic acid groups (broad SMARTS) is 2. The summed E-state index contributed by atoms with van der Waals surface area (Å²) in [5.74, 6) is -2.32. The van der Waals surface area contributed by atoms with Gasteiger partial charge in [-0.2, -0.15) is 0 Å². The first kappa shape index (κ1) is 28.3. The Hall–Kier alpha value is -0.490. The Bertz CT molecular complexity index is 409. The average molecular weight is 414 g/mol. The van der Waals surface area contributed by atoms with E-state index in [1.54, 1.807) is 0 Å². The minimum Gasteiger partial charge on any atom is -0.778 e. The number of hydrogen-bond donors (Lipinski definition) is 7. The Morgan fingerprint density at radius 2 is 1.21 bits per heavy atom. The molecular formula is C9H24N2O10P2S. The summed E-state index contributed by atoms with van der Waals surface area (Å²) in [7, 11) is -7.80. The number of nitrogens with one attached hydrogen (secondary N) is 2. The minimum absolute atomic E-state index is 0.439. The molecule has 0 aromatic rings. The lowest BCUT2D eigenvalue weighted by Gasteiger charge is -2.14. The molecule has 0 radical (unpaired) electrons. The molecule has 0 aliphatic heterocycles. The van der Waals surface area contributed by atoms with Crippen molar-refractivity contribution in [3.05, 3.63) is 0 Å². The first-order chi connectivity index (χ1) is 10.6. The van der Waals surface area contributed by atoms with Gasteiger partial charge in [-0.3, -0.25) is 24.8 Å². The molecule has 0 saturated heterocycles. The summed E-state index contributed by atoms with van der Waals surface area (Å²) in [5, 5.41) is 20.0. The van der Waals surface area contributed by atoms with Gasteiger partial charge < -0.3 is 34.4 Å². The van der Waals surface area contributed by atoms with Crippen molar-refractivity contribution in [2.75, 3.05) is 44.4 Å². The molecule has 0 aromatic heterocycles. The van der Waals surface area contributed by atoms with Gasteiger partial charge in [0, 0.05) is 0 Å². The van der Waals surface area contributed by atoms with Gasteiger partial charge in [-0.15, -0.1) is 0 Å². The summed E-state index contributed by atoms with van der Waals surface area (Å²) in [6, 6.07) is 0. The first-order valence-electron chi connectivity index (χ1n) is 5.98. The molecule has 0 aliphatic rings. The second-order valence-corrected chi connectivity index (χ2v) is 10.2. The molecule has 1 unspecified atom stereocenters. The van der Waals surface area contributed by atoms with Crippen molar-refractivity contribution in [2.24, 2.45) is 0 Å². The van der Waals surface area contributed by atoms with Crippen LogP contribution in [0.25, 0.3) is 0 Å². The maximum Gasteiger partial charge on any atom is 0.339 e. The highest BCUT2D eigenvalue weighted by molar-refractivity contribution is 7.94. The molecule has 12 nitrogen and oxygen atoms in total. The smallest absolute Gasteiger partial charge is 0.339 e. The van der Waals surface area contributed by atoms with Crippen molar-refractivity contribution in [3.63, 3.8) is 0 Å². The third-order valence-electron chi connectivity index (χ3n) is 1.18. The molecule has 0 spiro atoms. The quantitative estimate of drug-likeness (QED) is 0.161. The number of carboxylic acids is 2. The largest absolute Gasteiger partial charge is 0.778 e. The molecule has 7 N–H and O–H groups in total. The molecule has 0 fully saturated rings. The van der Waals surface area contributed by atoms with Crippen LogP contribution in [0.15, 0.2) is 0 Å².